The van der Waals surface area contributed by atoms with Crippen LogP contribution in [-0.2, 0) is 16.7 Å². The average molecular weight is 358 g/mol. The van der Waals surface area contributed by atoms with Gasteiger partial charge in [0.05, 0.1) is 19.0 Å². The van der Waals surface area contributed by atoms with Gasteiger partial charge in [0.25, 0.3) is 0 Å². The van der Waals surface area contributed by atoms with Crippen LogP contribution >= 0.6 is 0 Å². The summed E-state index contributed by atoms with van der Waals surface area (Å²) in [5.41, 5.74) is 1.76. The van der Waals surface area contributed by atoms with E-state index in [4.69, 9.17) is 9.47 Å². The second-order valence-corrected chi connectivity index (χ2v) is 6.51. The summed E-state index contributed by atoms with van der Waals surface area (Å²) >= 11 is 0. The molecule has 0 aliphatic carbocycles. The third kappa shape index (κ3) is 4.16. The fourth-order valence-electron chi connectivity index (χ4n) is 3.30. The van der Waals surface area contributed by atoms with Gasteiger partial charge in [-0.05, 0) is 37.5 Å². The average Bonchev–Trinajstić information content (AvgIpc) is 3.15. The number of anilines is 1. The number of amides is 2. The van der Waals surface area contributed by atoms with Crippen LogP contribution < -0.4 is 15.4 Å². The van der Waals surface area contributed by atoms with Crippen molar-refractivity contribution in [3.05, 3.63) is 42.2 Å². The molecule has 1 fully saturated rings. The highest BCUT2D eigenvalue weighted by Gasteiger charge is 2.34. The van der Waals surface area contributed by atoms with Gasteiger partial charge in [-0.25, -0.2) is 4.79 Å². The molecule has 140 valence electrons. The smallest absolute Gasteiger partial charge is 0.319 e. The molecule has 2 aromatic rings. The number of hydrogen-bond donors (Lipinski definition) is 2. The molecule has 0 radical (unpaired) electrons. The van der Waals surface area contributed by atoms with E-state index >= 15 is 0 Å². The third-order valence-corrected chi connectivity index (χ3v) is 4.95. The molecule has 1 aromatic heterocycles. The summed E-state index contributed by atoms with van der Waals surface area (Å²) in [4.78, 5) is 12.3. The zero-order valence-corrected chi connectivity index (χ0v) is 15.3. The summed E-state index contributed by atoms with van der Waals surface area (Å²) in [6.07, 6.45) is 5.20. The van der Waals surface area contributed by atoms with Gasteiger partial charge in [-0.15, -0.1) is 0 Å². The predicted octanol–water partition coefficient (Wildman–Crippen LogP) is 2.78. The van der Waals surface area contributed by atoms with Gasteiger partial charge in [0.2, 0.25) is 0 Å². The lowest BCUT2D eigenvalue weighted by Gasteiger charge is -2.38. The Hall–Kier alpha value is -2.54. The van der Waals surface area contributed by atoms with Crippen molar-refractivity contribution >= 4 is 11.7 Å². The predicted molar refractivity (Wildman–Crippen MR) is 99.6 cm³/mol. The van der Waals surface area contributed by atoms with Crippen LogP contribution in [0.5, 0.6) is 5.75 Å². The second-order valence-electron chi connectivity index (χ2n) is 6.51. The number of aromatic nitrogens is 2. The standard InChI is InChI=1S/C19H26N4O3/c1-3-23-13-16(12-21-23)22-18(24)20-14-19(8-10-26-11-9-19)15-4-6-17(25-2)7-5-15/h4-7,12-13H,3,8-11,14H2,1-2H3,(H2,20,22,24). The minimum Gasteiger partial charge on any atom is -0.497 e. The van der Waals surface area contributed by atoms with Crippen LogP contribution in [0, 0.1) is 0 Å². The molecule has 7 heteroatoms. The quantitative estimate of drug-likeness (QED) is 0.832. The highest BCUT2D eigenvalue weighted by atomic mass is 16.5. The molecule has 2 heterocycles. The van der Waals surface area contributed by atoms with Gasteiger partial charge in [0, 0.05) is 37.9 Å². The van der Waals surface area contributed by atoms with E-state index in [2.05, 4.69) is 27.9 Å². The van der Waals surface area contributed by atoms with Crippen molar-refractivity contribution in [2.24, 2.45) is 0 Å². The van der Waals surface area contributed by atoms with E-state index < -0.39 is 0 Å². The Morgan fingerprint density at radius 1 is 1.31 bits per heavy atom. The van der Waals surface area contributed by atoms with Gasteiger partial charge in [-0.1, -0.05) is 12.1 Å². The molecule has 0 unspecified atom stereocenters. The number of hydrogen-bond acceptors (Lipinski definition) is 4. The molecular weight excluding hydrogens is 332 g/mol. The Kier molecular flexibility index (Phi) is 5.78. The van der Waals surface area contributed by atoms with E-state index in [0.717, 1.165) is 25.1 Å². The summed E-state index contributed by atoms with van der Waals surface area (Å²) in [5, 5.41) is 10.0. The summed E-state index contributed by atoms with van der Waals surface area (Å²) in [7, 11) is 1.66. The molecule has 0 saturated carbocycles. The zero-order chi connectivity index (χ0) is 18.4. The molecule has 1 aliphatic heterocycles. The van der Waals surface area contributed by atoms with Gasteiger partial charge < -0.3 is 20.1 Å². The van der Waals surface area contributed by atoms with Crippen molar-refractivity contribution in [2.75, 3.05) is 32.2 Å². The lowest BCUT2D eigenvalue weighted by Crippen LogP contribution is -2.45. The van der Waals surface area contributed by atoms with Crippen molar-refractivity contribution in [3.63, 3.8) is 0 Å². The number of ether oxygens (including phenoxy) is 2. The van der Waals surface area contributed by atoms with Gasteiger partial charge in [0.1, 0.15) is 5.75 Å². The van der Waals surface area contributed by atoms with Gasteiger partial charge in [-0.3, -0.25) is 4.68 Å². The van der Waals surface area contributed by atoms with Crippen LogP contribution in [0.4, 0.5) is 10.5 Å². The summed E-state index contributed by atoms with van der Waals surface area (Å²) < 4.78 is 12.6. The fourth-order valence-corrected chi connectivity index (χ4v) is 3.30. The lowest BCUT2D eigenvalue weighted by atomic mass is 9.74. The van der Waals surface area contributed by atoms with E-state index in [-0.39, 0.29) is 11.4 Å². The van der Waals surface area contributed by atoms with E-state index in [1.54, 1.807) is 18.0 Å². The topological polar surface area (TPSA) is 77.4 Å². The maximum Gasteiger partial charge on any atom is 0.319 e. The molecule has 1 aliphatic rings. The first-order chi connectivity index (χ1) is 12.6. The Bertz CT molecular complexity index is 721. The number of nitrogens with one attached hydrogen (secondary N) is 2. The number of carbonyl (C=O) groups is 1. The molecule has 0 atom stereocenters. The van der Waals surface area contributed by atoms with Crippen LogP contribution in [-0.4, -0.2) is 42.7 Å². The number of aryl methyl sites for hydroxylation is 1. The molecule has 0 spiro atoms. The molecule has 0 bridgehead atoms. The molecule has 26 heavy (non-hydrogen) atoms. The Labute approximate surface area is 153 Å². The van der Waals surface area contributed by atoms with E-state index in [1.807, 2.05) is 25.3 Å². The highest BCUT2D eigenvalue weighted by molar-refractivity contribution is 5.88. The van der Waals surface area contributed by atoms with Crippen LogP contribution in [0.25, 0.3) is 0 Å². The third-order valence-electron chi connectivity index (χ3n) is 4.95. The second kappa shape index (κ2) is 8.23. The highest BCUT2D eigenvalue weighted by Crippen LogP contribution is 2.35. The fraction of sp³-hybridized carbons (Fsp3) is 0.474. The molecule has 1 saturated heterocycles. The van der Waals surface area contributed by atoms with Crippen molar-refractivity contribution in [1.29, 1.82) is 0 Å². The van der Waals surface area contributed by atoms with E-state index in [1.165, 1.54) is 5.56 Å². The SMILES string of the molecule is CCn1cc(NC(=O)NCC2(c3ccc(OC)cc3)CCOCC2)cn1. The first-order valence-corrected chi connectivity index (χ1v) is 8.95. The number of methoxy groups -OCH3 is 1. The molecule has 3 rings (SSSR count). The number of carbonyl (C=O) groups excluding carboxylic acids is 1. The van der Waals surface area contributed by atoms with Crippen molar-refractivity contribution in [1.82, 2.24) is 15.1 Å². The van der Waals surface area contributed by atoms with Crippen LogP contribution in [0.15, 0.2) is 36.7 Å². The monoisotopic (exact) mass is 358 g/mol. The number of urea groups is 1. The zero-order valence-electron chi connectivity index (χ0n) is 15.3. The molecule has 7 nitrogen and oxygen atoms in total. The Balaban J connectivity index is 1.66. The summed E-state index contributed by atoms with van der Waals surface area (Å²) in [6.45, 7) is 4.71. The van der Waals surface area contributed by atoms with Gasteiger partial charge in [0.15, 0.2) is 0 Å². The largest absolute Gasteiger partial charge is 0.497 e. The van der Waals surface area contributed by atoms with Gasteiger partial charge in [-0.2, -0.15) is 5.10 Å². The van der Waals surface area contributed by atoms with Crippen LogP contribution in [0.3, 0.4) is 0 Å². The summed E-state index contributed by atoms with van der Waals surface area (Å²) in [6, 6.07) is 7.86. The normalized spacial score (nSPS) is 16.1. The molecule has 1 aromatic carbocycles. The molecular formula is C19H26N4O3. The minimum absolute atomic E-state index is 0.130. The van der Waals surface area contributed by atoms with E-state index in [9.17, 15) is 4.79 Å². The van der Waals surface area contributed by atoms with Gasteiger partial charge >= 0.3 is 6.03 Å². The van der Waals surface area contributed by atoms with Crippen LogP contribution in [0.2, 0.25) is 0 Å². The van der Waals surface area contributed by atoms with Crippen molar-refractivity contribution < 1.29 is 14.3 Å². The number of benzene rings is 1. The molecule has 2 amide bonds. The van der Waals surface area contributed by atoms with Crippen LogP contribution in [0.1, 0.15) is 25.3 Å². The van der Waals surface area contributed by atoms with Crippen molar-refractivity contribution in [2.45, 2.75) is 31.7 Å². The summed E-state index contributed by atoms with van der Waals surface area (Å²) in [5.74, 6) is 0.828. The molecule has 2 N–H and O–H groups in total. The first-order valence-electron chi connectivity index (χ1n) is 8.95. The maximum absolute atomic E-state index is 12.3. The minimum atomic E-state index is -0.222. The lowest BCUT2D eigenvalue weighted by molar-refractivity contribution is 0.0508. The van der Waals surface area contributed by atoms with E-state index in [0.29, 0.717) is 25.4 Å². The Morgan fingerprint density at radius 3 is 2.65 bits per heavy atom. The van der Waals surface area contributed by atoms with Crippen molar-refractivity contribution in [3.8, 4) is 5.75 Å². The Morgan fingerprint density at radius 2 is 2.04 bits per heavy atom. The maximum atomic E-state index is 12.3. The first kappa shape index (κ1) is 18.3. The number of nitrogens with zero attached hydrogens (tertiary/aromatic N) is 2. The number of rotatable bonds is 6.